The average molecular weight is 124 g/mol. The van der Waals surface area contributed by atoms with Gasteiger partial charge in [0.1, 0.15) is 6.26 Å². The number of nitrogens with zero attached hydrogens (tertiary/aromatic N) is 1. The Morgan fingerprint density at radius 1 is 1.89 bits per heavy atom. The van der Waals surface area contributed by atoms with Crippen LogP contribution in [0.1, 0.15) is 11.6 Å². The number of aryl methyl sites for hydroxylation is 1. The van der Waals surface area contributed by atoms with Crippen LogP contribution in [0, 0.1) is 6.92 Å². The maximum Gasteiger partial charge on any atom is 0.204 e. The fraction of sp³-hybridized carbons (Fsp3) is 0.333. The third-order valence-corrected chi connectivity index (χ3v) is 0.920. The lowest BCUT2D eigenvalue weighted by molar-refractivity contribution is 0.520. The van der Waals surface area contributed by atoms with Crippen LogP contribution in [0.5, 0.6) is 0 Å². The summed E-state index contributed by atoms with van der Waals surface area (Å²) in [6, 6.07) is 0. The Kier molecular flexibility index (Phi) is 1.63. The lowest BCUT2D eigenvalue weighted by Crippen LogP contribution is -1.84. The Morgan fingerprint density at radius 2 is 2.67 bits per heavy atom. The first-order valence-electron chi connectivity index (χ1n) is 2.59. The number of hydrogen-bond donors (Lipinski definition) is 0. The lowest BCUT2D eigenvalue weighted by atomic mass is 10.4. The molecule has 0 saturated carbocycles. The Morgan fingerprint density at radius 3 is 3.11 bits per heavy atom. The highest BCUT2D eigenvalue weighted by Crippen LogP contribution is 1.98. The van der Waals surface area contributed by atoms with Gasteiger partial charge in [-0.25, -0.2) is 4.98 Å². The Labute approximate surface area is 52.7 Å². The van der Waals surface area contributed by atoms with Crippen molar-refractivity contribution in [2.75, 3.05) is 0 Å². The molecule has 0 amide bonds. The van der Waals surface area contributed by atoms with Crippen LogP contribution < -0.4 is 0 Å². The fourth-order valence-electron chi connectivity index (χ4n) is 0.563. The molecule has 0 aromatic carbocycles. The first kappa shape index (κ1) is 6.01. The molecule has 3 heteroatoms. The molecule has 9 heavy (non-hydrogen) atoms. The predicted molar refractivity (Wildman–Crippen MR) is 30.6 cm³/mol. The summed E-state index contributed by atoms with van der Waals surface area (Å²) in [5, 5.41) is 0. The van der Waals surface area contributed by atoms with E-state index in [4.69, 9.17) is 4.42 Å². The van der Waals surface area contributed by atoms with Gasteiger partial charge in [0.05, 0.1) is 12.1 Å². The summed E-state index contributed by atoms with van der Waals surface area (Å²) in [6.07, 6.45) is 3.40. The second kappa shape index (κ2) is 2.44. The SMILES string of the molecule is Cc1nc(C[C]=O)co1. The molecule has 0 aliphatic heterocycles. The largest absolute Gasteiger partial charge is 0.449 e. The standard InChI is InChI=1S/C6H6NO2/c1-5-7-6(2-3-8)4-9-5/h4H,2H2,1H3. The van der Waals surface area contributed by atoms with Crippen molar-refractivity contribution in [1.82, 2.24) is 4.98 Å². The van der Waals surface area contributed by atoms with E-state index in [0.717, 1.165) is 0 Å². The van der Waals surface area contributed by atoms with Gasteiger partial charge in [-0.15, -0.1) is 0 Å². The van der Waals surface area contributed by atoms with Crippen molar-refractivity contribution in [3.05, 3.63) is 17.8 Å². The average Bonchev–Trinajstić information content (AvgIpc) is 2.17. The number of oxazole rings is 1. The molecule has 0 spiro atoms. The molecule has 1 rings (SSSR count). The molecule has 1 radical (unpaired) electrons. The Hall–Kier alpha value is -1.12. The molecule has 3 nitrogen and oxygen atoms in total. The van der Waals surface area contributed by atoms with Gasteiger partial charge < -0.3 is 4.42 Å². The molecule has 1 heterocycles. The van der Waals surface area contributed by atoms with Crippen LogP contribution in [-0.4, -0.2) is 11.3 Å². The zero-order valence-corrected chi connectivity index (χ0v) is 5.05. The van der Waals surface area contributed by atoms with E-state index in [0.29, 0.717) is 11.6 Å². The minimum atomic E-state index is 0.220. The molecular weight excluding hydrogens is 118 g/mol. The molecule has 0 saturated heterocycles. The van der Waals surface area contributed by atoms with Crippen LogP contribution >= 0.6 is 0 Å². The topological polar surface area (TPSA) is 43.1 Å². The first-order valence-corrected chi connectivity index (χ1v) is 2.59. The van der Waals surface area contributed by atoms with Gasteiger partial charge in [0.15, 0.2) is 5.89 Å². The zero-order chi connectivity index (χ0) is 6.69. The Balaban J connectivity index is 2.72. The molecule has 0 N–H and O–H groups in total. The quantitative estimate of drug-likeness (QED) is 0.580. The molecule has 0 aliphatic rings. The van der Waals surface area contributed by atoms with Gasteiger partial charge in [0.2, 0.25) is 6.29 Å². The Bertz CT molecular complexity index is 205. The summed E-state index contributed by atoms with van der Waals surface area (Å²) in [5.41, 5.74) is 0.641. The molecule has 0 bridgehead atoms. The smallest absolute Gasteiger partial charge is 0.204 e. The number of aromatic nitrogens is 1. The van der Waals surface area contributed by atoms with Crippen LogP contribution in [0.4, 0.5) is 0 Å². The zero-order valence-electron chi connectivity index (χ0n) is 5.05. The summed E-state index contributed by atoms with van der Waals surface area (Å²) in [7, 11) is 0. The monoisotopic (exact) mass is 124 g/mol. The number of rotatable bonds is 2. The predicted octanol–water partition coefficient (Wildman–Crippen LogP) is 0.635. The highest BCUT2D eigenvalue weighted by atomic mass is 16.3. The van der Waals surface area contributed by atoms with Gasteiger partial charge in [0, 0.05) is 6.92 Å². The van der Waals surface area contributed by atoms with Crippen molar-refractivity contribution in [3.8, 4) is 0 Å². The second-order valence-electron chi connectivity index (χ2n) is 1.68. The van der Waals surface area contributed by atoms with Gasteiger partial charge in [-0.3, -0.25) is 4.79 Å². The van der Waals surface area contributed by atoms with Crippen LogP contribution in [0.15, 0.2) is 10.7 Å². The molecule has 47 valence electrons. The van der Waals surface area contributed by atoms with Crippen LogP contribution in [-0.2, 0) is 11.2 Å². The van der Waals surface area contributed by atoms with Crippen molar-refractivity contribution < 1.29 is 9.21 Å². The van der Waals surface area contributed by atoms with E-state index in [9.17, 15) is 4.79 Å². The maximum absolute atomic E-state index is 9.78. The van der Waals surface area contributed by atoms with Crippen LogP contribution in [0.2, 0.25) is 0 Å². The van der Waals surface area contributed by atoms with Gasteiger partial charge in [-0.2, -0.15) is 0 Å². The van der Waals surface area contributed by atoms with Crippen molar-refractivity contribution >= 4 is 6.29 Å². The van der Waals surface area contributed by atoms with E-state index < -0.39 is 0 Å². The van der Waals surface area contributed by atoms with Gasteiger partial charge in [0.25, 0.3) is 0 Å². The third kappa shape index (κ3) is 1.38. The van der Waals surface area contributed by atoms with E-state index in [2.05, 4.69) is 4.98 Å². The van der Waals surface area contributed by atoms with Crippen LogP contribution in [0.25, 0.3) is 0 Å². The summed E-state index contributed by atoms with van der Waals surface area (Å²) in [5.74, 6) is 0.584. The van der Waals surface area contributed by atoms with Crippen molar-refractivity contribution in [2.24, 2.45) is 0 Å². The van der Waals surface area contributed by atoms with Crippen molar-refractivity contribution in [3.63, 3.8) is 0 Å². The highest BCUT2D eigenvalue weighted by molar-refractivity contribution is 5.54. The van der Waals surface area contributed by atoms with Crippen LogP contribution in [0.3, 0.4) is 0 Å². The molecular formula is C6H6NO2. The summed E-state index contributed by atoms with van der Waals surface area (Å²) in [4.78, 5) is 13.6. The van der Waals surface area contributed by atoms with E-state index in [1.165, 1.54) is 6.26 Å². The van der Waals surface area contributed by atoms with Crippen molar-refractivity contribution in [1.29, 1.82) is 0 Å². The van der Waals surface area contributed by atoms with E-state index in [1.807, 2.05) is 0 Å². The van der Waals surface area contributed by atoms with E-state index in [-0.39, 0.29) is 6.42 Å². The number of hydrogen-bond acceptors (Lipinski definition) is 3. The highest BCUT2D eigenvalue weighted by Gasteiger charge is 1.96. The summed E-state index contributed by atoms with van der Waals surface area (Å²) >= 11 is 0. The minimum Gasteiger partial charge on any atom is -0.449 e. The van der Waals surface area contributed by atoms with Gasteiger partial charge >= 0.3 is 0 Å². The van der Waals surface area contributed by atoms with Gasteiger partial charge in [-0.05, 0) is 0 Å². The lowest BCUT2D eigenvalue weighted by Gasteiger charge is -1.75. The molecule has 0 fully saturated rings. The van der Waals surface area contributed by atoms with Crippen molar-refractivity contribution in [2.45, 2.75) is 13.3 Å². The molecule has 0 unspecified atom stereocenters. The second-order valence-corrected chi connectivity index (χ2v) is 1.68. The first-order chi connectivity index (χ1) is 4.33. The maximum atomic E-state index is 9.78. The summed E-state index contributed by atoms with van der Waals surface area (Å²) < 4.78 is 4.83. The molecule has 0 aliphatic carbocycles. The molecule has 0 atom stereocenters. The summed E-state index contributed by atoms with van der Waals surface area (Å²) in [6.45, 7) is 1.73. The molecule has 1 aromatic heterocycles. The normalized spacial score (nSPS) is 9.44. The third-order valence-electron chi connectivity index (χ3n) is 0.920. The number of carbonyl (C=O) groups excluding carboxylic acids is 1. The van der Waals surface area contributed by atoms with E-state index >= 15 is 0 Å². The van der Waals surface area contributed by atoms with Gasteiger partial charge in [-0.1, -0.05) is 0 Å². The fourth-order valence-corrected chi connectivity index (χ4v) is 0.563. The minimum absolute atomic E-state index is 0.220. The van der Waals surface area contributed by atoms with E-state index in [1.54, 1.807) is 13.2 Å². The molecule has 1 aromatic rings.